The van der Waals surface area contributed by atoms with Crippen LogP contribution in [0.2, 0.25) is 0 Å². The van der Waals surface area contributed by atoms with E-state index in [0.29, 0.717) is 18.5 Å². The summed E-state index contributed by atoms with van der Waals surface area (Å²) in [5, 5.41) is 7.60. The molecule has 6 heteroatoms. The molecule has 0 bridgehead atoms. The first-order valence-corrected chi connectivity index (χ1v) is 8.60. The van der Waals surface area contributed by atoms with Gasteiger partial charge in [-0.1, -0.05) is 54.6 Å². The molecule has 0 aliphatic heterocycles. The van der Waals surface area contributed by atoms with Gasteiger partial charge >= 0.3 is 0 Å². The van der Waals surface area contributed by atoms with Crippen molar-refractivity contribution in [2.24, 2.45) is 0 Å². The molecule has 0 aliphatic carbocycles. The number of hydrogen-bond donors (Lipinski definition) is 2. The number of para-hydroxylation sites is 1. The molecule has 3 aromatic carbocycles. The van der Waals surface area contributed by atoms with Gasteiger partial charge in [0.15, 0.2) is 0 Å². The van der Waals surface area contributed by atoms with E-state index in [1.54, 1.807) is 4.68 Å². The highest BCUT2D eigenvalue weighted by molar-refractivity contribution is 5.57. The summed E-state index contributed by atoms with van der Waals surface area (Å²) in [5.74, 6) is 1.51. The lowest BCUT2D eigenvalue weighted by Crippen LogP contribution is -2.02. The Morgan fingerprint density at radius 1 is 0.889 bits per heavy atom. The topological polar surface area (TPSA) is 78.0 Å². The molecule has 4 aromatic rings. The van der Waals surface area contributed by atoms with Crippen molar-refractivity contribution in [1.29, 1.82) is 0 Å². The Morgan fingerprint density at radius 2 is 1.63 bits per heavy atom. The van der Waals surface area contributed by atoms with Crippen LogP contribution in [-0.4, -0.2) is 14.8 Å². The molecule has 0 aliphatic rings. The average molecular weight is 357 g/mol. The summed E-state index contributed by atoms with van der Waals surface area (Å²) >= 11 is 0. The molecule has 0 amide bonds. The minimum absolute atomic E-state index is 0.320. The molecule has 134 valence electrons. The third-order valence-electron chi connectivity index (χ3n) is 3.97. The average Bonchev–Trinajstić information content (AvgIpc) is 3.08. The molecule has 0 fully saturated rings. The number of aromatic nitrogens is 3. The van der Waals surface area contributed by atoms with Crippen LogP contribution in [0.1, 0.15) is 5.56 Å². The highest BCUT2D eigenvalue weighted by Crippen LogP contribution is 2.22. The van der Waals surface area contributed by atoms with Crippen molar-refractivity contribution in [2.45, 2.75) is 6.61 Å². The Labute approximate surface area is 157 Å². The second-order valence-electron chi connectivity index (χ2n) is 5.97. The molecule has 0 saturated carbocycles. The minimum Gasteiger partial charge on any atom is -0.489 e. The number of nitrogens with two attached hydrogens (primary N) is 1. The Hall–Kier alpha value is -3.80. The Kier molecular flexibility index (Phi) is 4.70. The van der Waals surface area contributed by atoms with Crippen LogP contribution in [0.5, 0.6) is 5.75 Å². The summed E-state index contributed by atoms with van der Waals surface area (Å²) in [7, 11) is 0. The molecule has 0 unspecified atom stereocenters. The maximum absolute atomic E-state index is 5.99. The fourth-order valence-corrected chi connectivity index (χ4v) is 2.67. The number of hydrogen-bond acceptors (Lipinski definition) is 5. The second-order valence-corrected chi connectivity index (χ2v) is 5.97. The SMILES string of the molecule is Nc1nc(Nc2cccc(OCc3ccccc3)c2)nn1-c1ccccc1. The van der Waals surface area contributed by atoms with E-state index in [1.807, 2.05) is 84.9 Å². The highest BCUT2D eigenvalue weighted by atomic mass is 16.5. The van der Waals surface area contributed by atoms with Crippen molar-refractivity contribution < 1.29 is 4.74 Å². The molecule has 0 spiro atoms. The molecule has 0 radical (unpaired) electrons. The van der Waals surface area contributed by atoms with Crippen LogP contribution < -0.4 is 15.8 Å². The third kappa shape index (κ3) is 4.07. The van der Waals surface area contributed by atoms with Crippen LogP contribution in [0.25, 0.3) is 5.69 Å². The van der Waals surface area contributed by atoms with E-state index < -0.39 is 0 Å². The Bertz CT molecular complexity index is 1020. The first-order chi connectivity index (χ1) is 13.3. The van der Waals surface area contributed by atoms with Gasteiger partial charge in [-0.3, -0.25) is 0 Å². The van der Waals surface area contributed by atoms with Crippen LogP contribution in [-0.2, 0) is 6.61 Å². The Balaban J connectivity index is 1.47. The monoisotopic (exact) mass is 357 g/mol. The molecular formula is C21H19N5O. The van der Waals surface area contributed by atoms with Gasteiger partial charge in [0.05, 0.1) is 5.69 Å². The lowest BCUT2D eigenvalue weighted by atomic mass is 10.2. The second kappa shape index (κ2) is 7.61. The summed E-state index contributed by atoms with van der Waals surface area (Å²) in [4.78, 5) is 4.28. The largest absolute Gasteiger partial charge is 0.489 e. The molecule has 27 heavy (non-hydrogen) atoms. The molecule has 6 nitrogen and oxygen atoms in total. The number of benzene rings is 3. The summed E-state index contributed by atoms with van der Waals surface area (Å²) in [6, 6.07) is 27.4. The van der Waals surface area contributed by atoms with Crippen LogP contribution in [0.15, 0.2) is 84.9 Å². The van der Waals surface area contributed by atoms with Crippen LogP contribution in [0.3, 0.4) is 0 Å². The number of nitrogens with one attached hydrogen (secondary N) is 1. The predicted molar refractivity (Wildman–Crippen MR) is 106 cm³/mol. The first-order valence-electron chi connectivity index (χ1n) is 8.60. The zero-order valence-corrected chi connectivity index (χ0v) is 14.6. The van der Waals surface area contributed by atoms with Crippen molar-refractivity contribution in [3.8, 4) is 11.4 Å². The van der Waals surface area contributed by atoms with Gasteiger partial charge in [0.2, 0.25) is 11.9 Å². The van der Waals surface area contributed by atoms with E-state index in [2.05, 4.69) is 15.4 Å². The van der Waals surface area contributed by atoms with Crippen LogP contribution in [0.4, 0.5) is 17.6 Å². The van der Waals surface area contributed by atoms with Gasteiger partial charge in [0, 0.05) is 11.8 Å². The van der Waals surface area contributed by atoms with E-state index in [9.17, 15) is 0 Å². The lowest BCUT2D eigenvalue weighted by molar-refractivity contribution is 0.306. The molecule has 1 heterocycles. The van der Waals surface area contributed by atoms with Gasteiger partial charge < -0.3 is 15.8 Å². The quantitative estimate of drug-likeness (QED) is 0.541. The molecule has 0 atom stereocenters. The summed E-state index contributed by atoms with van der Waals surface area (Å²) in [6.45, 7) is 0.512. The van der Waals surface area contributed by atoms with Crippen LogP contribution in [0, 0.1) is 0 Å². The fourth-order valence-electron chi connectivity index (χ4n) is 2.67. The minimum atomic E-state index is 0.320. The number of anilines is 3. The number of ether oxygens (including phenoxy) is 1. The zero-order valence-electron chi connectivity index (χ0n) is 14.6. The number of nitrogen functional groups attached to an aromatic ring is 1. The van der Waals surface area contributed by atoms with Crippen molar-refractivity contribution >= 4 is 17.6 Å². The van der Waals surface area contributed by atoms with Crippen molar-refractivity contribution in [2.75, 3.05) is 11.1 Å². The van der Waals surface area contributed by atoms with Crippen LogP contribution >= 0.6 is 0 Å². The van der Waals surface area contributed by atoms with E-state index in [4.69, 9.17) is 10.5 Å². The molecule has 3 N–H and O–H groups in total. The smallest absolute Gasteiger partial charge is 0.248 e. The molecule has 0 saturated heterocycles. The van der Waals surface area contributed by atoms with Gasteiger partial charge in [-0.15, -0.1) is 5.10 Å². The predicted octanol–water partition coefficient (Wildman–Crippen LogP) is 4.17. The van der Waals surface area contributed by atoms with E-state index in [0.717, 1.165) is 22.7 Å². The lowest BCUT2D eigenvalue weighted by Gasteiger charge is -2.08. The molecule has 4 rings (SSSR count). The van der Waals surface area contributed by atoms with E-state index in [1.165, 1.54) is 0 Å². The maximum Gasteiger partial charge on any atom is 0.248 e. The van der Waals surface area contributed by atoms with Gasteiger partial charge in [-0.05, 0) is 29.8 Å². The first kappa shape index (κ1) is 16.7. The number of nitrogens with zero attached hydrogens (tertiary/aromatic N) is 3. The standard InChI is InChI=1S/C21H19N5O/c22-20-24-21(25-26(20)18-11-5-2-6-12-18)23-17-10-7-13-19(14-17)27-15-16-8-3-1-4-9-16/h1-14H,15H2,(H3,22,23,24,25). The van der Waals surface area contributed by atoms with Crippen molar-refractivity contribution in [3.05, 3.63) is 90.5 Å². The molecular weight excluding hydrogens is 338 g/mol. The number of rotatable bonds is 6. The normalized spacial score (nSPS) is 10.5. The maximum atomic E-state index is 5.99. The van der Waals surface area contributed by atoms with Gasteiger partial charge in [0.25, 0.3) is 0 Å². The highest BCUT2D eigenvalue weighted by Gasteiger charge is 2.09. The molecule has 1 aromatic heterocycles. The fraction of sp³-hybridized carbons (Fsp3) is 0.0476. The van der Waals surface area contributed by atoms with E-state index >= 15 is 0 Å². The summed E-state index contributed by atoms with van der Waals surface area (Å²) < 4.78 is 7.45. The van der Waals surface area contributed by atoms with E-state index in [-0.39, 0.29) is 0 Å². The third-order valence-corrected chi connectivity index (χ3v) is 3.97. The van der Waals surface area contributed by atoms with Gasteiger partial charge in [-0.25, -0.2) is 0 Å². The van der Waals surface area contributed by atoms with Gasteiger partial charge in [0.1, 0.15) is 12.4 Å². The summed E-state index contributed by atoms with van der Waals surface area (Å²) in [6.07, 6.45) is 0. The summed E-state index contributed by atoms with van der Waals surface area (Å²) in [5.41, 5.74) is 8.79. The Morgan fingerprint density at radius 3 is 2.41 bits per heavy atom. The van der Waals surface area contributed by atoms with Crippen molar-refractivity contribution in [1.82, 2.24) is 14.8 Å². The van der Waals surface area contributed by atoms with Gasteiger partial charge in [-0.2, -0.15) is 9.67 Å². The zero-order chi connectivity index (χ0) is 18.5. The van der Waals surface area contributed by atoms with Crippen molar-refractivity contribution in [3.63, 3.8) is 0 Å².